The smallest absolute Gasteiger partial charge is 0.323 e. The number of rotatable bonds is 6. The number of methoxy groups -OCH3 is 2. The van der Waals surface area contributed by atoms with Gasteiger partial charge in [-0.25, -0.2) is 0 Å². The van der Waals surface area contributed by atoms with Gasteiger partial charge in [0.15, 0.2) is 5.41 Å². The number of carbonyl (C=O) groups excluding carboxylic acids is 2. The standard InChI is InChI=1S/C13H20O4/c1-5-7-9-13(10-8-6-2,11(14)16-3)12(15)17-4/h5-8H,9-10H2,1-4H3. The topological polar surface area (TPSA) is 52.6 Å². The summed E-state index contributed by atoms with van der Waals surface area (Å²) in [6.45, 7) is 3.66. The Morgan fingerprint density at radius 1 is 0.941 bits per heavy atom. The van der Waals surface area contributed by atoms with Crippen LogP contribution in [-0.4, -0.2) is 26.2 Å². The third kappa shape index (κ3) is 3.73. The second-order valence-corrected chi connectivity index (χ2v) is 3.61. The molecular weight excluding hydrogens is 220 g/mol. The molecule has 0 aliphatic heterocycles. The van der Waals surface area contributed by atoms with Gasteiger partial charge in [0.2, 0.25) is 0 Å². The molecule has 0 amide bonds. The largest absolute Gasteiger partial charge is 0.468 e. The summed E-state index contributed by atoms with van der Waals surface area (Å²) in [5.41, 5.74) is -1.28. The average molecular weight is 240 g/mol. The van der Waals surface area contributed by atoms with E-state index in [-0.39, 0.29) is 12.8 Å². The van der Waals surface area contributed by atoms with E-state index in [1.54, 1.807) is 24.3 Å². The van der Waals surface area contributed by atoms with Crippen LogP contribution in [0.4, 0.5) is 0 Å². The van der Waals surface area contributed by atoms with Gasteiger partial charge < -0.3 is 9.47 Å². The highest BCUT2D eigenvalue weighted by atomic mass is 16.5. The predicted molar refractivity (Wildman–Crippen MR) is 65.3 cm³/mol. The molecule has 17 heavy (non-hydrogen) atoms. The average Bonchev–Trinajstić information content (AvgIpc) is 2.37. The Kier molecular flexibility index (Phi) is 6.94. The van der Waals surface area contributed by atoms with Crippen LogP contribution in [0.15, 0.2) is 24.3 Å². The van der Waals surface area contributed by atoms with E-state index in [0.717, 1.165) is 0 Å². The van der Waals surface area contributed by atoms with Gasteiger partial charge in [0.25, 0.3) is 0 Å². The molecule has 0 bridgehead atoms. The van der Waals surface area contributed by atoms with Crippen molar-refractivity contribution in [2.24, 2.45) is 5.41 Å². The molecule has 0 unspecified atom stereocenters. The number of carbonyl (C=O) groups is 2. The van der Waals surface area contributed by atoms with Crippen LogP contribution < -0.4 is 0 Å². The van der Waals surface area contributed by atoms with Crippen molar-refractivity contribution >= 4 is 11.9 Å². The summed E-state index contributed by atoms with van der Waals surface area (Å²) in [4.78, 5) is 23.7. The maximum absolute atomic E-state index is 11.9. The van der Waals surface area contributed by atoms with E-state index in [1.807, 2.05) is 13.8 Å². The maximum atomic E-state index is 11.9. The normalized spacial score (nSPS) is 12.0. The second kappa shape index (κ2) is 7.65. The van der Waals surface area contributed by atoms with Gasteiger partial charge in [0, 0.05) is 0 Å². The molecule has 0 aliphatic rings. The fourth-order valence-electron chi connectivity index (χ4n) is 1.53. The van der Waals surface area contributed by atoms with Crippen LogP contribution in [0.2, 0.25) is 0 Å². The zero-order valence-corrected chi connectivity index (χ0v) is 10.9. The molecule has 0 aliphatic carbocycles. The predicted octanol–water partition coefficient (Wildman–Crippen LogP) is 2.25. The van der Waals surface area contributed by atoms with Gasteiger partial charge in [-0.05, 0) is 26.7 Å². The van der Waals surface area contributed by atoms with E-state index in [0.29, 0.717) is 0 Å². The summed E-state index contributed by atoms with van der Waals surface area (Å²) >= 11 is 0. The van der Waals surface area contributed by atoms with Crippen molar-refractivity contribution in [3.05, 3.63) is 24.3 Å². The molecule has 96 valence electrons. The molecule has 0 saturated heterocycles. The minimum absolute atomic E-state index is 0.271. The van der Waals surface area contributed by atoms with E-state index < -0.39 is 17.4 Å². The highest BCUT2D eigenvalue weighted by Gasteiger charge is 2.46. The minimum Gasteiger partial charge on any atom is -0.468 e. The highest BCUT2D eigenvalue weighted by Crippen LogP contribution is 2.31. The van der Waals surface area contributed by atoms with Crippen LogP contribution in [0.3, 0.4) is 0 Å². The summed E-state index contributed by atoms with van der Waals surface area (Å²) in [7, 11) is 2.54. The lowest BCUT2D eigenvalue weighted by Crippen LogP contribution is -2.40. The summed E-state index contributed by atoms with van der Waals surface area (Å²) in [5, 5.41) is 0. The molecule has 0 aromatic heterocycles. The Balaban J connectivity index is 5.33. The molecule has 0 rings (SSSR count). The van der Waals surface area contributed by atoms with Crippen LogP contribution in [0.5, 0.6) is 0 Å². The van der Waals surface area contributed by atoms with Crippen molar-refractivity contribution in [3.8, 4) is 0 Å². The SMILES string of the molecule is CC=CCC(CC=CC)(C(=O)OC)C(=O)OC. The fraction of sp³-hybridized carbons (Fsp3) is 0.538. The van der Waals surface area contributed by atoms with Crippen molar-refractivity contribution in [2.45, 2.75) is 26.7 Å². The molecular formula is C13H20O4. The molecule has 0 N–H and O–H groups in total. The molecule has 0 heterocycles. The van der Waals surface area contributed by atoms with Crippen molar-refractivity contribution in [2.75, 3.05) is 14.2 Å². The van der Waals surface area contributed by atoms with E-state index in [9.17, 15) is 9.59 Å². The second-order valence-electron chi connectivity index (χ2n) is 3.61. The summed E-state index contributed by atoms with van der Waals surface area (Å²) < 4.78 is 9.45. The van der Waals surface area contributed by atoms with E-state index in [2.05, 4.69) is 0 Å². The molecule has 0 aromatic rings. The van der Waals surface area contributed by atoms with Crippen molar-refractivity contribution in [1.82, 2.24) is 0 Å². The number of esters is 2. The number of hydrogen-bond donors (Lipinski definition) is 0. The van der Waals surface area contributed by atoms with Gasteiger partial charge in [-0.2, -0.15) is 0 Å². The zero-order chi connectivity index (χ0) is 13.3. The molecule has 0 fully saturated rings. The first kappa shape index (κ1) is 15.4. The number of allylic oxidation sites excluding steroid dienone is 4. The van der Waals surface area contributed by atoms with Crippen molar-refractivity contribution in [3.63, 3.8) is 0 Å². The molecule has 4 nitrogen and oxygen atoms in total. The summed E-state index contributed by atoms with van der Waals surface area (Å²) in [5.74, 6) is -1.14. The molecule has 0 atom stereocenters. The lowest BCUT2D eigenvalue weighted by molar-refractivity contribution is -0.168. The van der Waals surface area contributed by atoms with Gasteiger partial charge in [-0.15, -0.1) is 0 Å². The van der Waals surface area contributed by atoms with Crippen LogP contribution in [0.25, 0.3) is 0 Å². The first-order chi connectivity index (χ1) is 8.08. The number of ether oxygens (including phenoxy) is 2. The van der Waals surface area contributed by atoms with E-state index in [4.69, 9.17) is 9.47 Å². The number of hydrogen-bond acceptors (Lipinski definition) is 4. The summed E-state index contributed by atoms with van der Waals surface area (Å²) in [6.07, 6.45) is 7.64. The van der Waals surface area contributed by atoms with Gasteiger partial charge in [-0.1, -0.05) is 24.3 Å². The molecule has 0 aromatic carbocycles. The van der Waals surface area contributed by atoms with Gasteiger partial charge >= 0.3 is 11.9 Å². The van der Waals surface area contributed by atoms with Gasteiger partial charge in [0.1, 0.15) is 0 Å². The Hall–Kier alpha value is -1.58. The summed E-state index contributed by atoms with van der Waals surface area (Å²) in [6, 6.07) is 0. The Morgan fingerprint density at radius 2 is 1.29 bits per heavy atom. The molecule has 0 saturated carbocycles. The van der Waals surface area contributed by atoms with Crippen LogP contribution >= 0.6 is 0 Å². The van der Waals surface area contributed by atoms with Crippen LogP contribution in [0, 0.1) is 5.41 Å². The first-order valence-corrected chi connectivity index (χ1v) is 5.48. The van der Waals surface area contributed by atoms with E-state index in [1.165, 1.54) is 14.2 Å². The van der Waals surface area contributed by atoms with Gasteiger partial charge in [0.05, 0.1) is 14.2 Å². The quantitative estimate of drug-likeness (QED) is 0.406. The monoisotopic (exact) mass is 240 g/mol. The maximum Gasteiger partial charge on any atom is 0.323 e. The molecule has 0 radical (unpaired) electrons. The zero-order valence-electron chi connectivity index (χ0n) is 10.9. The lowest BCUT2D eigenvalue weighted by atomic mass is 9.80. The van der Waals surface area contributed by atoms with Crippen LogP contribution in [0.1, 0.15) is 26.7 Å². The first-order valence-electron chi connectivity index (χ1n) is 5.48. The Labute approximate surface area is 102 Å². The van der Waals surface area contributed by atoms with Crippen molar-refractivity contribution in [1.29, 1.82) is 0 Å². The fourth-order valence-corrected chi connectivity index (χ4v) is 1.53. The molecule has 0 spiro atoms. The Bertz CT molecular complexity index is 283. The van der Waals surface area contributed by atoms with Gasteiger partial charge in [-0.3, -0.25) is 9.59 Å². The highest BCUT2D eigenvalue weighted by molar-refractivity contribution is 6.00. The van der Waals surface area contributed by atoms with Crippen LogP contribution in [-0.2, 0) is 19.1 Å². The van der Waals surface area contributed by atoms with Crippen molar-refractivity contribution < 1.29 is 19.1 Å². The Morgan fingerprint density at radius 3 is 1.53 bits per heavy atom. The lowest BCUT2D eigenvalue weighted by Gasteiger charge is -2.25. The molecule has 4 heteroatoms. The third-order valence-electron chi connectivity index (χ3n) is 2.56. The minimum atomic E-state index is -1.28. The van der Waals surface area contributed by atoms with E-state index >= 15 is 0 Å². The third-order valence-corrected chi connectivity index (χ3v) is 2.56.